The molecule has 0 aliphatic heterocycles. The van der Waals surface area contributed by atoms with Crippen molar-refractivity contribution in [3.63, 3.8) is 0 Å². The third-order valence-electron chi connectivity index (χ3n) is 5.02. The third-order valence-corrected chi connectivity index (χ3v) is 8.27. The number of nitrogens with one attached hydrogen (secondary N) is 1. The number of fused-ring (bicyclic) bond motifs is 1. The summed E-state index contributed by atoms with van der Waals surface area (Å²) in [6.45, 7) is 2.45. The van der Waals surface area contributed by atoms with Crippen molar-refractivity contribution in [1.29, 1.82) is 0 Å². The summed E-state index contributed by atoms with van der Waals surface area (Å²) in [6.07, 6.45) is 4.63. The van der Waals surface area contributed by atoms with E-state index in [4.69, 9.17) is 0 Å². The summed E-state index contributed by atoms with van der Waals surface area (Å²) in [5.74, 6) is 0. The van der Waals surface area contributed by atoms with Crippen molar-refractivity contribution in [3.8, 4) is 0 Å². The van der Waals surface area contributed by atoms with E-state index >= 15 is 0 Å². The van der Waals surface area contributed by atoms with E-state index in [1.165, 1.54) is 34.1 Å². The number of benzene rings is 2. The zero-order valence-corrected chi connectivity index (χ0v) is 17.8. The Morgan fingerprint density at radius 2 is 1.57 bits per heavy atom. The molecule has 8 heteroatoms. The largest absolute Gasteiger partial charge is 0.280 e. The van der Waals surface area contributed by atoms with E-state index in [0.717, 1.165) is 37.7 Å². The second kappa shape index (κ2) is 8.23. The zero-order chi connectivity index (χ0) is 20.4. The van der Waals surface area contributed by atoms with Crippen molar-refractivity contribution in [1.82, 2.24) is 4.31 Å². The Bertz CT molecular complexity index is 1050. The van der Waals surface area contributed by atoms with Crippen LogP contribution in [0.5, 0.6) is 0 Å². The number of unbranched alkanes of at least 4 members (excludes halogenated alkanes) is 1. The van der Waals surface area contributed by atoms with Crippen LogP contribution in [0.25, 0.3) is 0 Å². The topological polar surface area (TPSA) is 83.6 Å². The van der Waals surface area contributed by atoms with Crippen molar-refractivity contribution in [3.05, 3.63) is 53.6 Å². The maximum Gasteiger partial charge on any atom is 0.261 e. The van der Waals surface area contributed by atoms with Crippen LogP contribution in [-0.4, -0.2) is 34.7 Å². The van der Waals surface area contributed by atoms with Crippen molar-refractivity contribution in [2.75, 3.05) is 18.3 Å². The van der Waals surface area contributed by atoms with Crippen molar-refractivity contribution in [2.45, 2.75) is 48.8 Å². The standard InChI is InChI=1S/C20H26N2O4S2/c1-3-4-14-22(2)28(25,26)19-12-9-18(10-13-19)21-27(23,24)20-11-8-16-6-5-7-17(16)15-20/h8-13,15,21H,3-7,14H2,1-2H3. The monoisotopic (exact) mass is 422 g/mol. The van der Waals surface area contributed by atoms with Gasteiger partial charge in [-0.2, -0.15) is 0 Å². The van der Waals surface area contributed by atoms with Gasteiger partial charge in [0, 0.05) is 19.3 Å². The van der Waals surface area contributed by atoms with Gasteiger partial charge in [-0.1, -0.05) is 19.4 Å². The number of sulfonamides is 2. The fraction of sp³-hybridized carbons (Fsp3) is 0.400. The summed E-state index contributed by atoms with van der Waals surface area (Å²) < 4.78 is 54.3. The molecule has 6 nitrogen and oxygen atoms in total. The molecule has 1 aliphatic carbocycles. The highest BCUT2D eigenvalue weighted by Gasteiger charge is 2.21. The smallest absolute Gasteiger partial charge is 0.261 e. The molecule has 28 heavy (non-hydrogen) atoms. The summed E-state index contributed by atoms with van der Waals surface area (Å²) in [7, 11) is -5.74. The highest BCUT2D eigenvalue weighted by molar-refractivity contribution is 7.92. The van der Waals surface area contributed by atoms with E-state index in [2.05, 4.69) is 4.72 Å². The number of aryl methyl sites for hydroxylation is 2. The molecule has 152 valence electrons. The zero-order valence-electron chi connectivity index (χ0n) is 16.2. The first-order valence-corrected chi connectivity index (χ1v) is 12.4. The molecule has 2 aromatic rings. The Morgan fingerprint density at radius 3 is 2.25 bits per heavy atom. The quantitative estimate of drug-likeness (QED) is 0.707. The van der Waals surface area contributed by atoms with E-state index in [1.54, 1.807) is 19.2 Å². The van der Waals surface area contributed by atoms with E-state index < -0.39 is 20.0 Å². The maximum absolute atomic E-state index is 12.7. The van der Waals surface area contributed by atoms with Crippen LogP contribution in [-0.2, 0) is 32.9 Å². The molecule has 0 amide bonds. The van der Waals surface area contributed by atoms with Crippen LogP contribution in [0.4, 0.5) is 5.69 Å². The van der Waals surface area contributed by atoms with E-state index in [9.17, 15) is 16.8 Å². The molecule has 2 aromatic carbocycles. The van der Waals surface area contributed by atoms with Crippen LogP contribution in [0.3, 0.4) is 0 Å². The molecule has 0 unspecified atom stereocenters. The minimum atomic E-state index is -3.72. The van der Waals surface area contributed by atoms with Crippen LogP contribution in [0.15, 0.2) is 52.3 Å². The molecule has 0 atom stereocenters. The predicted molar refractivity (Wildman–Crippen MR) is 110 cm³/mol. The Balaban J connectivity index is 1.77. The highest BCUT2D eigenvalue weighted by Crippen LogP contribution is 2.26. The van der Waals surface area contributed by atoms with Gasteiger partial charge in [-0.15, -0.1) is 0 Å². The van der Waals surface area contributed by atoms with Crippen molar-refractivity contribution >= 4 is 25.7 Å². The summed E-state index contributed by atoms with van der Waals surface area (Å²) >= 11 is 0. The van der Waals surface area contributed by atoms with Gasteiger partial charge in [0.05, 0.1) is 9.79 Å². The minimum absolute atomic E-state index is 0.145. The first-order valence-electron chi connectivity index (χ1n) is 9.45. The molecule has 0 aromatic heterocycles. The summed E-state index contributed by atoms with van der Waals surface area (Å²) in [5, 5.41) is 0. The number of hydrogen-bond acceptors (Lipinski definition) is 4. The molecule has 0 heterocycles. The SMILES string of the molecule is CCCCN(C)S(=O)(=O)c1ccc(NS(=O)(=O)c2ccc3c(c2)CCC3)cc1. The molecule has 0 fully saturated rings. The lowest BCUT2D eigenvalue weighted by Crippen LogP contribution is -2.27. The van der Waals surface area contributed by atoms with Gasteiger partial charge in [0.2, 0.25) is 10.0 Å². The molecular weight excluding hydrogens is 396 g/mol. The first-order chi connectivity index (χ1) is 13.2. The van der Waals surface area contributed by atoms with Crippen LogP contribution in [0.1, 0.15) is 37.3 Å². The van der Waals surface area contributed by atoms with Gasteiger partial charge < -0.3 is 0 Å². The van der Waals surface area contributed by atoms with E-state index in [1.807, 2.05) is 13.0 Å². The second-order valence-corrected chi connectivity index (χ2v) is 10.8. The lowest BCUT2D eigenvalue weighted by atomic mass is 10.1. The molecule has 1 N–H and O–H groups in total. The first kappa shape index (κ1) is 20.8. The fourth-order valence-electron chi connectivity index (χ4n) is 3.31. The summed E-state index contributed by atoms with van der Waals surface area (Å²) in [5.41, 5.74) is 2.62. The van der Waals surface area contributed by atoms with E-state index in [-0.39, 0.29) is 9.79 Å². The minimum Gasteiger partial charge on any atom is -0.280 e. The normalized spacial score (nSPS) is 14.2. The summed E-state index contributed by atoms with van der Waals surface area (Å²) in [6, 6.07) is 11.0. The average molecular weight is 423 g/mol. The van der Waals surface area contributed by atoms with Gasteiger partial charge >= 0.3 is 0 Å². The Morgan fingerprint density at radius 1 is 0.929 bits per heavy atom. The number of hydrogen-bond donors (Lipinski definition) is 1. The van der Waals surface area contributed by atoms with Crippen LogP contribution in [0, 0.1) is 0 Å². The predicted octanol–water partition coefficient (Wildman–Crippen LogP) is 3.40. The van der Waals surface area contributed by atoms with Gasteiger partial charge in [-0.3, -0.25) is 4.72 Å². The van der Waals surface area contributed by atoms with Crippen molar-refractivity contribution < 1.29 is 16.8 Å². The van der Waals surface area contributed by atoms with Gasteiger partial charge in [0.15, 0.2) is 0 Å². The van der Waals surface area contributed by atoms with Gasteiger partial charge in [0.1, 0.15) is 0 Å². The average Bonchev–Trinajstić information content (AvgIpc) is 3.14. The third kappa shape index (κ3) is 4.39. The Kier molecular flexibility index (Phi) is 6.12. The van der Waals surface area contributed by atoms with Crippen molar-refractivity contribution in [2.24, 2.45) is 0 Å². The molecule has 0 bridgehead atoms. The van der Waals surface area contributed by atoms with Gasteiger partial charge in [-0.25, -0.2) is 21.1 Å². The number of rotatable bonds is 8. The maximum atomic E-state index is 12.7. The molecule has 0 radical (unpaired) electrons. The lowest BCUT2D eigenvalue weighted by Gasteiger charge is -2.17. The Hall–Kier alpha value is -1.90. The molecule has 3 rings (SSSR count). The molecule has 0 saturated carbocycles. The second-order valence-electron chi connectivity index (χ2n) is 7.09. The van der Waals surface area contributed by atoms with E-state index in [0.29, 0.717) is 12.2 Å². The number of nitrogens with zero attached hydrogens (tertiary/aromatic N) is 1. The Labute approximate surface area is 167 Å². The number of anilines is 1. The van der Waals surface area contributed by atoms with Crippen LogP contribution in [0.2, 0.25) is 0 Å². The van der Waals surface area contributed by atoms with Gasteiger partial charge in [0.25, 0.3) is 10.0 Å². The fourth-order valence-corrected chi connectivity index (χ4v) is 5.62. The highest BCUT2D eigenvalue weighted by atomic mass is 32.2. The molecule has 0 saturated heterocycles. The molecule has 0 spiro atoms. The lowest BCUT2D eigenvalue weighted by molar-refractivity contribution is 0.459. The van der Waals surface area contributed by atoms with Crippen LogP contribution < -0.4 is 4.72 Å². The van der Waals surface area contributed by atoms with Gasteiger partial charge in [-0.05, 0) is 73.2 Å². The molecular formula is C20H26N2O4S2. The van der Waals surface area contributed by atoms with Crippen LogP contribution >= 0.6 is 0 Å². The molecule has 1 aliphatic rings. The summed E-state index contributed by atoms with van der Waals surface area (Å²) in [4.78, 5) is 0.371.